The van der Waals surface area contributed by atoms with Gasteiger partial charge in [0.05, 0.1) is 11.5 Å². The van der Waals surface area contributed by atoms with Gasteiger partial charge in [-0.2, -0.15) is 4.39 Å². The van der Waals surface area contributed by atoms with E-state index in [1.807, 2.05) is 0 Å². The van der Waals surface area contributed by atoms with Crippen molar-refractivity contribution in [2.45, 2.75) is 6.54 Å². The van der Waals surface area contributed by atoms with Crippen molar-refractivity contribution in [2.24, 2.45) is 7.05 Å². The molecule has 2 aromatic rings. The number of rotatable bonds is 4. The molecule has 0 unspecified atom stereocenters. The number of anilines is 1. The minimum Gasteiger partial charge on any atom is -0.372 e. The first-order chi connectivity index (χ1) is 8.99. The standard InChI is InChI=1S/C10H9F2N5O2/c1-16-5-14-15-9(16)4-13-8-3-6(11)2-7(12)10(8)17(18)19/h2-3,5,13H,4H2,1H3. The number of nitrogens with zero attached hydrogens (tertiary/aromatic N) is 4. The summed E-state index contributed by atoms with van der Waals surface area (Å²) in [7, 11) is 1.68. The van der Waals surface area contributed by atoms with Crippen molar-refractivity contribution in [3.8, 4) is 0 Å². The Bertz CT molecular complexity index is 628. The van der Waals surface area contributed by atoms with Gasteiger partial charge in [-0.15, -0.1) is 10.2 Å². The van der Waals surface area contributed by atoms with Crippen LogP contribution in [0.1, 0.15) is 5.82 Å². The molecule has 0 aliphatic heterocycles. The third-order valence-corrected chi connectivity index (χ3v) is 2.45. The molecule has 2 rings (SSSR count). The van der Waals surface area contributed by atoms with Crippen LogP contribution in [-0.2, 0) is 13.6 Å². The molecular formula is C10H9F2N5O2. The van der Waals surface area contributed by atoms with Crippen LogP contribution in [0.15, 0.2) is 18.5 Å². The Morgan fingerprint density at radius 3 is 2.79 bits per heavy atom. The van der Waals surface area contributed by atoms with Crippen LogP contribution in [0.2, 0.25) is 0 Å². The van der Waals surface area contributed by atoms with Crippen molar-refractivity contribution in [3.05, 3.63) is 46.0 Å². The summed E-state index contributed by atoms with van der Waals surface area (Å²) in [5.41, 5.74) is -1.05. The van der Waals surface area contributed by atoms with Gasteiger partial charge in [-0.25, -0.2) is 4.39 Å². The highest BCUT2D eigenvalue weighted by atomic mass is 19.1. The van der Waals surface area contributed by atoms with Gasteiger partial charge in [0, 0.05) is 19.2 Å². The van der Waals surface area contributed by atoms with E-state index in [1.165, 1.54) is 6.33 Å². The van der Waals surface area contributed by atoms with Crippen LogP contribution in [-0.4, -0.2) is 19.7 Å². The summed E-state index contributed by atoms with van der Waals surface area (Å²) in [6, 6.07) is 1.32. The van der Waals surface area contributed by atoms with Crippen LogP contribution in [0, 0.1) is 21.7 Å². The molecule has 0 aliphatic carbocycles. The molecule has 0 radical (unpaired) electrons. The zero-order valence-electron chi connectivity index (χ0n) is 9.80. The normalized spacial score (nSPS) is 10.5. The van der Waals surface area contributed by atoms with Crippen LogP contribution in [0.4, 0.5) is 20.2 Å². The summed E-state index contributed by atoms with van der Waals surface area (Å²) >= 11 is 0. The number of hydrogen-bond acceptors (Lipinski definition) is 5. The second kappa shape index (κ2) is 4.96. The number of halogens is 2. The molecule has 1 aromatic heterocycles. The van der Waals surface area contributed by atoms with Gasteiger partial charge in [0.15, 0.2) is 5.82 Å². The van der Waals surface area contributed by atoms with Crippen molar-refractivity contribution in [1.29, 1.82) is 0 Å². The highest BCUT2D eigenvalue weighted by molar-refractivity contribution is 5.62. The highest BCUT2D eigenvalue weighted by Gasteiger charge is 2.22. The second-order valence-corrected chi connectivity index (χ2v) is 3.75. The molecule has 1 aromatic carbocycles. The highest BCUT2D eigenvalue weighted by Crippen LogP contribution is 2.28. The first kappa shape index (κ1) is 12.9. The van der Waals surface area contributed by atoms with Crippen molar-refractivity contribution in [1.82, 2.24) is 14.8 Å². The first-order valence-corrected chi connectivity index (χ1v) is 5.19. The van der Waals surface area contributed by atoms with Gasteiger partial charge in [-0.05, 0) is 0 Å². The topological polar surface area (TPSA) is 85.9 Å². The summed E-state index contributed by atoms with van der Waals surface area (Å²) in [5, 5.41) is 20.7. The molecule has 0 bridgehead atoms. The Hall–Kier alpha value is -2.58. The zero-order valence-corrected chi connectivity index (χ0v) is 9.80. The Morgan fingerprint density at radius 1 is 1.47 bits per heavy atom. The van der Waals surface area contributed by atoms with Crippen LogP contribution in [0.25, 0.3) is 0 Å². The minimum absolute atomic E-state index is 0.0558. The Kier molecular flexibility index (Phi) is 3.36. The molecule has 0 aliphatic rings. The van der Waals surface area contributed by atoms with E-state index >= 15 is 0 Å². The van der Waals surface area contributed by atoms with Gasteiger partial charge in [0.2, 0.25) is 5.82 Å². The van der Waals surface area contributed by atoms with E-state index in [4.69, 9.17) is 0 Å². The van der Waals surface area contributed by atoms with E-state index in [0.717, 1.165) is 6.07 Å². The number of nitrogens with one attached hydrogen (secondary N) is 1. The minimum atomic E-state index is -1.23. The molecule has 9 heteroatoms. The molecular weight excluding hydrogens is 260 g/mol. The lowest BCUT2D eigenvalue weighted by molar-refractivity contribution is -0.386. The van der Waals surface area contributed by atoms with Crippen molar-refractivity contribution in [2.75, 3.05) is 5.32 Å². The average Bonchev–Trinajstić information content (AvgIpc) is 2.70. The number of nitro benzene ring substituents is 1. The quantitative estimate of drug-likeness (QED) is 0.673. The summed E-state index contributed by atoms with van der Waals surface area (Å²) in [5.74, 6) is -1.66. The number of benzene rings is 1. The Balaban J connectivity index is 2.29. The van der Waals surface area contributed by atoms with Crippen LogP contribution >= 0.6 is 0 Å². The molecule has 0 fully saturated rings. The van der Waals surface area contributed by atoms with E-state index in [-0.39, 0.29) is 12.2 Å². The summed E-state index contributed by atoms with van der Waals surface area (Å²) in [6.07, 6.45) is 1.44. The summed E-state index contributed by atoms with van der Waals surface area (Å²) in [6.45, 7) is 0.0558. The maximum absolute atomic E-state index is 13.4. The van der Waals surface area contributed by atoms with Gasteiger partial charge >= 0.3 is 5.69 Å². The average molecular weight is 269 g/mol. The number of aryl methyl sites for hydroxylation is 1. The monoisotopic (exact) mass is 269 g/mol. The first-order valence-electron chi connectivity index (χ1n) is 5.19. The van der Waals surface area contributed by atoms with Crippen LogP contribution < -0.4 is 5.32 Å². The van der Waals surface area contributed by atoms with Gasteiger partial charge in [-0.1, -0.05) is 0 Å². The molecule has 1 N–H and O–H groups in total. The zero-order chi connectivity index (χ0) is 14.0. The van der Waals surface area contributed by atoms with E-state index in [2.05, 4.69) is 15.5 Å². The summed E-state index contributed by atoms with van der Waals surface area (Å²) in [4.78, 5) is 9.84. The number of aromatic nitrogens is 3. The van der Waals surface area contributed by atoms with Crippen LogP contribution in [0.5, 0.6) is 0 Å². The Labute approximate surface area is 106 Å². The predicted molar refractivity (Wildman–Crippen MR) is 61.3 cm³/mol. The van der Waals surface area contributed by atoms with E-state index < -0.39 is 22.2 Å². The van der Waals surface area contributed by atoms with E-state index in [9.17, 15) is 18.9 Å². The Morgan fingerprint density at radius 2 is 2.21 bits per heavy atom. The van der Waals surface area contributed by atoms with Crippen molar-refractivity contribution in [3.63, 3.8) is 0 Å². The molecule has 0 saturated heterocycles. The fourth-order valence-electron chi connectivity index (χ4n) is 1.53. The molecule has 0 amide bonds. The fourth-order valence-corrected chi connectivity index (χ4v) is 1.53. The molecule has 0 spiro atoms. The second-order valence-electron chi connectivity index (χ2n) is 3.75. The van der Waals surface area contributed by atoms with Gasteiger partial charge in [0.25, 0.3) is 0 Å². The number of hydrogen-bond donors (Lipinski definition) is 1. The number of nitro groups is 1. The van der Waals surface area contributed by atoms with E-state index in [0.29, 0.717) is 11.9 Å². The predicted octanol–water partition coefficient (Wildman–Crippen LogP) is 1.61. The SMILES string of the molecule is Cn1cnnc1CNc1cc(F)cc(F)c1[N+](=O)[O-]. The van der Waals surface area contributed by atoms with Gasteiger partial charge < -0.3 is 9.88 Å². The molecule has 19 heavy (non-hydrogen) atoms. The molecule has 0 atom stereocenters. The lowest BCUT2D eigenvalue weighted by atomic mass is 10.2. The van der Waals surface area contributed by atoms with E-state index in [1.54, 1.807) is 11.6 Å². The van der Waals surface area contributed by atoms with Gasteiger partial charge in [0.1, 0.15) is 17.8 Å². The molecule has 1 heterocycles. The van der Waals surface area contributed by atoms with Crippen LogP contribution in [0.3, 0.4) is 0 Å². The third kappa shape index (κ3) is 2.64. The third-order valence-electron chi connectivity index (χ3n) is 2.45. The lowest BCUT2D eigenvalue weighted by Gasteiger charge is -2.07. The van der Waals surface area contributed by atoms with Crippen molar-refractivity contribution < 1.29 is 13.7 Å². The van der Waals surface area contributed by atoms with Gasteiger partial charge in [-0.3, -0.25) is 10.1 Å². The molecule has 100 valence electrons. The molecule has 7 nitrogen and oxygen atoms in total. The largest absolute Gasteiger partial charge is 0.372 e. The smallest absolute Gasteiger partial charge is 0.327 e. The lowest BCUT2D eigenvalue weighted by Crippen LogP contribution is -2.08. The summed E-state index contributed by atoms with van der Waals surface area (Å²) < 4.78 is 28.0. The fraction of sp³-hybridized carbons (Fsp3) is 0.200. The maximum atomic E-state index is 13.4. The molecule has 0 saturated carbocycles. The maximum Gasteiger partial charge on any atom is 0.327 e. The van der Waals surface area contributed by atoms with Crippen molar-refractivity contribution >= 4 is 11.4 Å².